The molecule has 0 spiro atoms. The lowest BCUT2D eigenvalue weighted by atomic mass is 9.82. The van der Waals surface area contributed by atoms with Crippen LogP contribution in [0.5, 0.6) is 0 Å². The van der Waals surface area contributed by atoms with Crippen molar-refractivity contribution in [2.75, 3.05) is 12.4 Å². The number of hydrogen-bond donors (Lipinski definition) is 4. The Bertz CT molecular complexity index is 1390. The number of rotatable bonds is 11. The molecule has 40 heavy (non-hydrogen) atoms. The van der Waals surface area contributed by atoms with Crippen LogP contribution in [0, 0.1) is 18.3 Å². The summed E-state index contributed by atoms with van der Waals surface area (Å²) < 4.78 is 4.91. The van der Waals surface area contributed by atoms with Gasteiger partial charge in [0.1, 0.15) is 23.2 Å². The Morgan fingerprint density at radius 1 is 1.25 bits per heavy atom. The van der Waals surface area contributed by atoms with Crippen molar-refractivity contribution in [3.63, 3.8) is 0 Å². The highest BCUT2D eigenvalue weighted by Gasteiger charge is 2.49. The number of ketones is 1. The second-order valence-electron chi connectivity index (χ2n) is 10.7. The van der Waals surface area contributed by atoms with E-state index in [9.17, 15) is 28.8 Å². The molecule has 0 aliphatic heterocycles. The van der Waals surface area contributed by atoms with Crippen LogP contribution in [0.15, 0.2) is 23.1 Å². The first-order valence-electron chi connectivity index (χ1n) is 13.1. The SMILES string of the molecule is CNC(=O)C(=O)CC[C@H](NC(=O)c1snnc1C)C(=O)Nc1cccn(CC(=O)NC2CC3CC[C@]2(C)C3)c1=O. The number of nitrogens with zero attached hydrogens (tertiary/aromatic N) is 3. The van der Waals surface area contributed by atoms with Crippen LogP contribution in [-0.2, 0) is 25.7 Å². The number of amides is 4. The van der Waals surface area contributed by atoms with Crippen molar-refractivity contribution in [2.24, 2.45) is 11.3 Å². The quantitative estimate of drug-likeness (QED) is 0.282. The Morgan fingerprint density at radius 3 is 2.65 bits per heavy atom. The highest BCUT2D eigenvalue weighted by atomic mass is 32.1. The zero-order valence-electron chi connectivity index (χ0n) is 22.6. The maximum absolute atomic E-state index is 13.2. The van der Waals surface area contributed by atoms with Gasteiger partial charge in [-0.05, 0) is 74.0 Å². The molecule has 2 fully saturated rings. The molecule has 2 unspecified atom stereocenters. The van der Waals surface area contributed by atoms with Gasteiger partial charge >= 0.3 is 0 Å². The van der Waals surface area contributed by atoms with Gasteiger partial charge in [0.05, 0.1) is 5.69 Å². The Labute approximate surface area is 234 Å². The average Bonchev–Trinajstić information content (AvgIpc) is 3.61. The minimum Gasteiger partial charge on any atom is -0.353 e. The summed E-state index contributed by atoms with van der Waals surface area (Å²) in [6.45, 7) is 3.57. The van der Waals surface area contributed by atoms with Crippen LogP contribution >= 0.6 is 11.5 Å². The van der Waals surface area contributed by atoms with Gasteiger partial charge in [-0.15, -0.1) is 5.10 Å². The average molecular weight is 572 g/mol. The number of fused-ring (bicyclic) bond motifs is 2. The van der Waals surface area contributed by atoms with Gasteiger partial charge < -0.3 is 25.8 Å². The largest absolute Gasteiger partial charge is 0.353 e. The molecule has 4 atom stereocenters. The van der Waals surface area contributed by atoms with Crippen molar-refractivity contribution in [2.45, 2.75) is 71.0 Å². The number of aryl methyl sites for hydroxylation is 1. The van der Waals surface area contributed by atoms with Crippen LogP contribution in [0.3, 0.4) is 0 Å². The molecule has 0 radical (unpaired) electrons. The lowest BCUT2D eigenvalue weighted by molar-refractivity contribution is -0.137. The zero-order chi connectivity index (χ0) is 29.0. The van der Waals surface area contributed by atoms with E-state index in [0.29, 0.717) is 11.6 Å². The summed E-state index contributed by atoms with van der Waals surface area (Å²) in [5.41, 5.74) is -0.237. The van der Waals surface area contributed by atoms with E-state index in [2.05, 4.69) is 37.8 Å². The number of pyridine rings is 1. The molecule has 14 heteroatoms. The topological polar surface area (TPSA) is 181 Å². The highest BCUT2D eigenvalue weighted by molar-refractivity contribution is 7.08. The monoisotopic (exact) mass is 571 g/mol. The molecule has 2 aromatic heterocycles. The second-order valence-corrected chi connectivity index (χ2v) is 11.5. The normalized spacial score (nSPS) is 21.9. The first kappa shape index (κ1) is 29.1. The summed E-state index contributed by atoms with van der Waals surface area (Å²) in [5, 5.41) is 14.1. The summed E-state index contributed by atoms with van der Waals surface area (Å²) in [5.74, 6) is -2.62. The maximum Gasteiger partial charge on any atom is 0.287 e. The van der Waals surface area contributed by atoms with E-state index in [4.69, 9.17) is 0 Å². The van der Waals surface area contributed by atoms with Gasteiger partial charge in [-0.3, -0.25) is 28.8 Å². The van der Waals surface area contributed by atoms with E-state index >= 15 is 0 Å². The number of anilines is 1. The van der Waals surface area contributed by atoms with Gasteiger partial charge in [0.2, 0.25) is 17.6 Å². The van der Waals surface area contributed by atoms with Crippen LogP contribution in [0.25, 0.3) is 0 Å². The van der Waals surface area contributed by atoms with Crippen molar-refractivity contribution in [1.29, 1.82) is 0 Å². The number of hydrogen-bond acceptors (Lipinski definition) is 9. The smallest absolute Gasteiger partial charge is 0.287 e. The number of likely N-dealkylation sites (N-methyl/N-ethyl adjacent to an activating group) is 1. The molecular weight excluding hydrogens is 538 g/mol. The van der Waals surface area contributed by atoms with Crippen molar-refractivity contribution in [3.05, 3.63) is 39.3 Å². The summed E-state index contributed by atoms with van der Waals surface area (Å²) in [6.07, 6.45) is 5.26. The third kappa shape index (κ3) is 6.43. The van der Waals surface area contributed by atoms with Gasteiger partial charge in [0.15, 0.2) is 0 Å². The molecule has 2 bridgehead atoms. The number of aromatic nitrogens is 3. The first-order chi connectivity index (χ1) is 19.0. The van der Waals surface area contributed by atoms with Gasteiger partial charge in [-0.1, -0.05) is 11.4 Å². The Morgan fingerprint density at radius 2 is 2.02 bits per heavy atom. The van der Waals surface area contributed by atoms with E-state index in [-0.39, 0.29) is 47.3 Å². The number of Topliss-reactive ketones (excluding diaryl/α,β-unsaturated/α-hetero) is 1. The lowest BCUT2D eigenvalue weighted by Gasteiger charge is -2.32. The molecule has 4 amide bonds. The van der Waals surface area contributed by atoms with Crippen LogP contribution in [-0.4, -0.2) is 62.7 Å². The number of carbonyl (C=O) groups is 5. The highest BCUT2D eigenvalue weighted by Crippen LogP contribution is 2.53. The van der Waals surface area contributed by atoms with Crippen molar-refractivity contribution in [3.8, 4) is 0 Å². The van der Waals surface area contributed by atoms with Gasteiger partial charge in [-0.2, -0.15) is 0 Å². The molecule has 0 aromatic carbocycles. The molecule has 214 valence electrons. The molecule has 4 N–H and O–H groups in total. The fraction of sp³-hybridized carbons (Fsp3) is 0.538. The van der Waals surface area contributed by atoms with Crippen LogP contribution in [0.4, 0.5) is 5.69 Å². The van der Waals surface area contributed by atoms with Crippen molar-refractivity contribution in [1.82, 2.24) is 30.1 Å². The standard InChI is InChI=1S/C26H33N7O6S/c1-14-21(40-32-31-14)24(38)28-16(6-7-18(34)23(37)27-3)22(36)29-17-5-4-10-33(25(17)39)13-20(35)30-19-11-15-8-9-26(19,2)12-15/h4-5,10,15-16,19H,6-9,11-13H2,1-3H3,(H,27,37)(H,28,38)(H,29,36)(H,30,35)/t15?,16-,19?,26+/m0/s1. The predicted molar refractivity (Wildman–Crippen MR) is 146 cm³/mol. The molecule has 2 heterocycles. The summed E-state index contributed by atoms with van der Waals surface area (Å²) in [7, 11) is 1.31. The summed E-state index contributed by atoms with van der Waals surface area (Å²) >= 11 is 0.846. The minimum absolute atomic E-state index is 0.0802. The van der Waals surface area contributed by atoms with E-state index in [1.807, 2.05) is 0 Å². The predicted octanol–water partition coefficient (Wildman–Crippen LogP) is 0.536. The third-order valence-corrected chi connectivity index (χ3v) is 8.66. The molecule has 0 saturated heterocycles. The first-order valence-corrected chi connectivity index (χ1v) is 13.9. The van der Waals surface area contributed by atoms with Crippen molar-refractivity contribution < 1.29 is 24.0 Å². The molecular formula is C26H33N7O6S. The Kier molecular flexibility index (Phi) is 8.76. The molecule has 2 aliphatic rings. The lowest BCUT2D eigenvalue weighted by Crippen LogP contribution is -2.46. The minimum atomic E-state index is -1.25. The van der Waals surface area contributed by atoms with E-state index in [0.717, 1.165) is 30.8 Å². The van der Waals surface area contributed by atoms with Crippen LogP contribution in [0.1, 0.15) is 60.8 Å². The fourth-order valence-corrected chi connectivity index (χ4v) is 6.16. The van der Waals surface area contributed by atoms with Gasteiger partial charge in [0.25, 0.3) is 17.4 Å². The van der Waals surface area contributed by atoms with E-state index in [1.54, 1.807) is 6.92 Å². The second kappa shape index (κ2) is 12.1. The number of carbonyl (C=O) groups excluding carboxylic acids is 5. The van der Waals surface area contributed by atoms with Gasteiger partial charge in [0, 0.05) is 25.7 Å². The summed E-state index contributed by atoms with van der Waals surface area (Å²) in [6, 6.07) is 1.74. The van der Waals surface area contributed by atoms with E-state index < -0.39 is 35.1 Å². The molecule has 4 rings (SSSR count). The van der Waals surface area contributed by atoms with Crippen LogP contribution in [0.2, 0.25) is 0 Å². The third-order valence-electron chi connectivity index (χ3n) is 7.84. The van der Waals surface area contributed by atoms with Crippen molar-refractivity contribution >= 4 is 46.6 Å². The Hall–Kier alpha value is -3.94. The summed E-state index contributed by atoms with van der Waals surface area (Å²) in [4.78, 5) is 75.7. The van der Waals surface area contributed by atoms with Crippen LogP contribution < -0.4 is 26.8 Å². The van der Waals surface area contributed by atoms with E-state index in [1.165, 1.54) is 36.4 Å². The maximum atomic E-state index is 13.2. The zero-order valence-corrected chi connectivity index (χ0v) is 23.4. The molecule has 13 nitrogen and oxygen atoms in total. The fourth-order valence-electron chi connectivity index (χ4n) is 5.60. The molecule has 2 aromatic rings. The Balaban J connectivity index is 1.44. The molecule has 2 saturated carbocycles. The molecule has 2 aliphatic carbocycles. The van der Waals surface area contributed by atoms with Gasteiger partial charge in [-0.25, -0.2) is 0 Å². The number of nitrogens with one attached hydrogen (secondary N) is 4.